The van der Waals surface area contributed by atoms with Gasteiger partial charge in [-0.05, 0) is 94.9 Å². The number of hydrogen-bond acceptors (Lipinski definition) is 4. The number of fused-ring (bicyclic) bond motifs is 3. The van der Waals surface area contributed by atoms with Gasteiger partial charge in [-0.3, -0.25) is 9.59 Å². The number of ketones is 2. The first-order chi connectivity index (χ1) is 13.8. The molecule has 0 radical (unpaired) electrons. The Balaban J connectivity index is 1.68. The van der Waals surface area contributed by atoms with Crippen LogP contribution >= 0.6 is 0 Å². The van der Waals surface area contributed by atoms with Crippen molar-refractivity contribution in [1.82, 2.24) is 9.80 Å². The average molecular weight is 393 g/mol. The van der Waals surface area contributed by atoms with Crippen molar-refractivity contribution < 1.29 is 9.59 Å². The fourth-order valence-electron chi connectivity index (χ4n) is 3.96. The summed E-state index contributed by atoms with van der Waals surface area (Å²) >= 11 is 0. The van der Waals surface area contributed by atoms with Gasteiger partial charge in [0.15, 0.2) is 11.6 Å². The van der Waals surface area contributed by atoms with Crippen molar-refractivity contribution in [2.75, 3.05) is 41.3 Å². The van der Waals surface area contributed by atoms with E-state index in [1.54, 1.807) is 0 Å². The molecule has 0 spiro atoms. The molecule has 0 aromatic heterocycles. The first-order valence-electron chi connectivity index (χ1n) is 10.5. The topological polar surface area (TPSA) is 40.6 Å². The summed E-state index contributed by atoms with van der Waals surface area (Å²) in [7, 11) is 8.10. The summed E-state index contributed by atoms with van der Waals surface area (Å²) < 4.78 is 0. The van der Waals surface area contributed by atoms with Crippen molar-refractivity contribution in [1.29, 1.82) is 0 Å². The standard InChI is InChI=1S/C25H32N2O2/c1-26(2)13-5-7-24(28)18-9-11-22-20(15-18)17-21-16-19(10-12-23(21)22)25(29)8-6-14-27(3)4/h9-12,15-16H,5-8,13-14,17H2,1-4H3. The van der Waals surface area contributed by atoms with Crippen molar-refractivity contribution in [3.63, 3.8) is 0 Å². The zero-order chi connectivity index (χ0) is 21.0. The third-order valence-electron chi connectivity index (χ3n) is 5.54. The maximum atomic E-state index is 12.5. The molecule has 154 valence electrons. The molecule has 2 aromatic rings. The molecule has 1 aliphatic rings. The van der Waals surface area contributed by atoms with E-state index in [9.17, 15) is 9.59 Å². The Labute approximate surface area is 174 Å². The first kappa shape index (κ1) is 21.4. The Kier molecular flexibility index (Phi) is 6.99. The van der Waals surface area contributed by atoms with E-state index in [1.807, 2.05) is 52.5 Å². The van der Waals surface area contributed by atoms with Gasteiger partial charge >= 0.3 is 0 Å². The minimum absolute atomic E-state index is 0.211. The summed E-state index contributed by atoms with van der Waals surface area (Å²) in [4.78, 5) is 29.3. The van der Waals surface area contributed by atoms with E-state index in [-0.39, 0.29) is 11.6 Å². The molecule has 0 heterocycles. The summed E-state index contributed by atoms with van der Waals surface area (Å²) in [6, 6.07) is 12.1. The number of rotatable bonds is 10. The lowest BCUT2D eigenvalue weighted by molar-refractivity contribution is 0.0969. The molecule has 1 aliphatic carbocycles. The van der Waals surface area contributed by atoms with E-state index in [4.69, 9.17) is 0 Å². The van der Waals surface area contributed by atoms with Crippen LogP contribution in [0.4, 0.5) is 0 Å². The maximum absolute atomic E-state index is 12.5. The molecule has 0 saturated carbocycles. The van der Waals surface area contributed by atoms with Crippen molar-refractivity contribution in [2.24, 2.45) is 0 Å². The largest absolute Gasteiger partial charge is 0.309 e. The Morgan fingerprint density at radius 3 is 1.52 bits per heavy atom. The summed E-state index contributed by atoms with van der Waals surface area (Å²) in [6.07, 6.45) is 3.71. The third-order valence-corrected chi connectivity index (χ3v) is 5.54. The Bertz CT molecular complexity index is 826. The highest BCUT2D eigenvalue weighted by Gasteiger charge is 2.21. The molecule has 0 bridgehead atoms. The number of nitrogens with zero attached hydrogens (tertiary/aromatic N) is 2. The van der Waals surface area contributed by atoms with Gasteiger partial charge in [0, 0.05) is 24.0 Å². The van der Waals surface area contributed by atoms with Crippen LogP contribution in [-0.2, 0) is 6.42 Å². The molecule has 4 heteroatoms. The monoisotopic (exact) mass is 392 g/mol. The summed E-state index contributed by atoms with van der Waals surface area (Å²) in [5, 5.41) is 0. The highest BCUT2D eigenvalue weighted by atomic mass is 16.1. The molecule has 0 amide bonds. The van der Waals surface area contributed by atoms with Crippen LogP contribution in [0.15, 0.2) is 36.4 Å². The SMILES string of the molecule is CN(C)CCCC(=O)c1ccc2c(c1)Cc1cc(C(=O)CCCN(C)C)ccc1-2. The van der Waals surface area contributed by atoms with E-state index >= 15 is 0 Å². The van der Waals surface area contributed by atoms with Crippen LogP contribution in [-0.4, -0.2) is 62.6 Å². The number of carbonyl (C=O) groups excluding carboxylic acids is 2. The summed E-state index contributed by atoms with van der Waals surface area (Å²) in [5.41, 5.74) is 6.37. The minimum Gasteiger partial charge on any atom is -0.309 e. The second-order valence-corrected chi connectivity index (χ2v) is 8.58. The molecular formula is C25H32N2O2. The fourth-order valence-corrected chi connectivity index (χ4v) is 3.96. The second-order valence-electron chi connectivity index (χ2n) is 8.58. The lowest BCUT2D eigenvalue weighted by atomic mass is 9.98. The van der Waals surface area contributed by atoms with E-state index in [2.05, 4.69) is 21.9 Å². The van der Waals surface area contributed by atoms with Crippen LogP contribution in [0, 0.1) is 0 Å². The molecule has 0 aliphatic heterocycles. The molecule has 4 nitrogen and oxygen atoms in total. The Hall–Kier alpha value is -2.30. The quantitative estimate of drug-likeness (QED) is 0.482. The number of Topliss-reactive ketones (excluding diaryl/α,β-unsaturated/α-hetero) is 2. The summed E-state index contributed by atoms with van der Waals surface area (Å²) in [5.74, 6) is 0.421. The van der Waals surface area contributed by atoms with Gasteiger partial charge in [-0.15, -0.1) is 0 Å². The van der Waals surface area contributed by atoms with Gasteiger partial charge < -0.3 is 9.80 Å². The van der Waals surface area contributed by atoms with Crippen LogP contribution in [0.1, 0.15) is 57.5 Å². The normalized spacial score (nSPS) is 12.3. The molecule has 29 heavy (non-hydrogen) atoms. The fraction of sp³-hybridized carbons (Fsp3) is 0.440. The molecule has 0 saturated heterocycles. The second kappa shape index (κ2) is 9.47. The Morgan fingerprint density at radius 2 is 1.14 bits per heavy atom. The summed E-state index contributed by atoms with van der Waals surface area (Å²) in [6.45, 7) is 1.85. The number of hydrogen-bond donors (Lipinski definition) is 0. The van der Waals surface area contributed by atoms with Gasteiger partial charge in [0.05, 0.1) is 0 Å². The smallest absolute Gasteiger partial charge is 0.162 e. The van der Waals surface area contributed by atoms with E-state index in [0.717, 1.165) is 43.5 Å². The van der Waals surface area contributed by atoms with Crippen molar-refractivity contribution >= 4 is 11.6 Å². The van der Waals surface area contributed by atoms with Crippen molar-refractivity contribution in [3.8, 4) is 11.1 Å². The predicted molar refractivity (Wildman–Crippen MR) is 119 cm³/mol. The molecule has 3 rings (SSSR count). The van der Waals surface area contributed by atoms with Crippen molar-refractivity contribution in [3.05, 3.63) is 58.7 Å². The van der Waals surface area contributed by atoms with Crippen LogP contribution < -0.4 is 0 Å². The van der Waals surface area contributed by atoms with Crippen LogP contribution in [0.25, 0.3) is 11.1 Å². The van der Waals surface area contributed by atoms with E-state index in [1.165, 1.54) is 22.3 Å². The number of carbonyl (C=O) groups is 2. The van der Waals surface area contributed by atoms with E-state index < -0.39 is 0 Å². The predicted octanol–water partition coefficient (Wildman–Crippen LogP) is 4.31. The van der Waals surface area contributed by atoms with Crippen LogP contribution in [0.2, 0.25) is 0 Å². The highest BCUT2D eigenvalue weighted by Crippen LogP contribution is 2.37. The molecule has 0 fully saturated rings. The molecule has 2 aromatic carbocycles. The van der Waals surface area contributed by atoms with Gasteiger partial charge in [0.2, 0.25) is 0 Å². The van der Waals surface area contributed by atoms with Gasteiger partial charge in [0.25, 0.3) is 0 Å². The molecule has 0 unspecified atom stereocenters. The van der Waals surface area contributed by atoms with Gasteiger partial charge in [0.1, 0.15) is 0 Å². The number of benzene rings is 2. The lowest BCUT2D eigenvalue weighted by Crippen LogP contribution is -2.14. The van der Waals surface area contributed by atoms with Gasteiger partial charge in [-0.25, -0.2) is 0 Å². The van der Waals surface area contributed by atoms with Gasteiger partial charge in [-0.2, -0.15) is 0 Å². The van der Waals surface area contributed by atoms with Gasteiger partial charge in [-0.1, -0.05) is 24.3 Å². The lowest BCUT2D eigenvalue weighted by Gasteiger charge is -2.09. The third kappa shape index (κ3) is 5.40. The highest BCUT2D eigenvalue weighted by molar-refractivity contribution is 5.99. The van der Waals surface area contributed by atoms with Crippen LogP contribution in [0.5, 0.6) is 0 Å². The zero-order valence-electron chi connectivity index (χ0n) is 18.1. The Morgan fingerprint density at radius 1 is 0.724 bits per heavy atom. The molecule has 0 N–H and O–H groups in total. The molecular weight excluding hydrogens is 360 g/mol. The van der Waals surface area contributed by atoms with E-state index in [0.29, 0.717) is 12.8 Å². The van der Waals surface area contributed by atoms with Crippen LogP contribution in [0.3, 0.4) is 0 Å². The maximum Gasteiger partial charge on any atom is 0.162 e. The average Bonchev–Trinajstić information content (AvgIpc) is 3.04. The minimum atomic E-state index is 0.211. The van der Waals surface area contributed by atoms with Crippen molar-refractivity contribution in [2.45, 2.75) is 32.1 Å². The molecule has 0 atom stereocenters. The zero-order valence-corrected chi connectivity index (χ0v) is 18.1. The first-order valence-corrected chi connectivity index (χ1v) is 10.5.